The van der Waals surface area contributed by atoms with E-state index < -0.39 is 22.3 Å². The number of aliphatic hydroxyl groups is 1. The van der Waals surface area contributed by atoms with Gasteiger partial charge in [-0.2, -0.15) is 10.6 Å². The summed E-state index contributed by atoms with van der Waals surface area (Å²) in [7, 11) is -2.53. The molecule has 0 atom stereocenters. The molecule has 6 nitrogen and oxygen atoms in total. The highest BCUT2D eigenvalue weighted by molar-refractivity contribution is 8.24. The van der Waals surface area contributed by atoms with Gasteiger partial charge in [-0.1, -0.05) is 0 Å². The molecule has 0 spiro atoms. The lowest BCUT2D eigenvalue weighted by Crippen LogP contribution is -2.46. The van der Waals surface area contributed by atoms with Gasteiger partial charge in [0.05, 0.1) is 5.60 Å². The van der Waals surface area contributed by atoms with Crippen LogP contribution in [0.1, 0.15) is 12.8 Å². The van der Waals surface area contributed by atoms with Crippen LogP contribution in [0.4, 0.5) is 4.79 Å². The minimum atomic E-state index is -2.53. The maximum Gasteiger partial charge on any atom is 0.404 e. The Morgan fingerprint density at radius 1 is 1.36 bits per heavy atom. The highest BCUT2D eigenvalue weighted by Gasteiger charge is 2.35. The zero-order valence-electron chi connectivity index (χ0n) is 7.64. The number of carbonyl (C=O) groups is 1. The van der Waals surface area contributed by atoms with Gasteiger partial charge in [0.25, 0.3) is 0 Å². The van der Waals surface area contributed by atoms with Crippen LogP contribution in [-0.2, 0) is 0 Å². The van der Waals surface area contributed by atoms with Crippen LogP contribution in [-0.4, -0.2) is 49.1 Å². The lowest BCUT2D eigenvalue weighted by Gasteiger charge is -2.43. The maximum atomic E-state index is 10.2. The van der Waals surface area contributed by atoms with E-state index in [1.54, 1.807) is 0 Å². The third-order valence-electron chi connectivity index (χ3n) is 2.36. The minimum absolute atomic E-state index is 0.0577. The molecule has 1 rings (SSSR count). The molecule has 0 aromatic carbocycles. The molecule has 1 saturated heterocycles. The summed E-state index contributed by atoms with van der Waals surface area (Å²) >= 11 is 0. The third kappa shape index (κ3) is 3.33. The summed E-state index contributed by atoms with van der Waals surface area (Å²) in [6.45, 7) is -0.0577. The second-order valence-corrected chi connectivity index (χ2v) is 6.01. The van der Waals surface area contributed by atoms with Crippen molar-refractivity contribution >= 4 is 16.7 Å². The Balaban J connectivity index is 2.41. The minimum Gasteiger partial charge on any atom is -0.465 e. The first kappa shape index (κ1) is 11.6. The molecule has 1 amide bonds. The molecule has 1 fully saturated rings. The molecule has 1 aliphatic rings. The molecule has 0 aromatic rings. The molecule has 0 bridgehead atoms. The average Bonchev–Trinajstić information content (AvgIpc) is 2.08. The molecule has 0 aromatic heterocycles. The standard InChI is InChI=1S/C7H15NO5S/c9-6(10)8-5-7(11)1-3-14(12,13)4-2-7/h8,11-13H,1-5H2,(H,9,10). The molecule has 7 heteroatoms. The predicted octanol–water partition coefficient (Wildman–Crippen LogP) is 0.529. The summed E-state index contributed by atoms with van der Waals surface area (Å²) in [5.41, 5.74) is -1.12. The van der Waals surface area contributed by atoms with Gasteiger partial charge in [-0.25, -0.2) is 4.79 Å². The molecule has 84 valence electrons. The fourth-order valence-electron chi connectivity index (χ4n) is 1.35. The van der Waals surface area contributed by atoms with Gasteiger partial charge < -0.3 is 15.5 Å². The fraction of sp³-hybridized carbons (Fsp3) is 0.857. The molecule has 1 aliphatic heterocycles. The quantitative estimate of drug-likeness (QED) is 0.471. The molecule has 0 saturated carbocycles. The number of hydrogen-bond donors (Lipinski definition) is 5. The van der Waals surface area contributed by atoms with Gasteiger partial charge in [-0.3, -0.25) is 9.11 Å². The first-order chi connectivity index (χ1) is 6.33. The average molecular weight is 225 g/mol. The van der Waals surface area contributed by atoms with Crippen molar-refractivity contribution in [3.63, 3.8) is 0 Å². The second kappa shape index (κ2) is 3.93. The van der Waals surface area contributed by atoms with Crippen LogP contribution >= 0.6 is 10.6 Å². The molecular formula is C7H15NO5S. The second-order valence-electron chi connectivity index (χ2n) is 3.59. The van der Waals surface area contributed by atoms with E-state index in [1.165, 1.54) is 0 Å². The van der Waals surface area contributed by atoms with Crippen molar-refractivity contribution in [3.8, 4) is 0 Å². The van der Waals surface area contributed by atoms with Gasteiger partial charge in [0.15, 0.2) is 0 Å². The van der Waals surface area contributed by atoms with Crippen molar-refractivity contribution in [1.82, 2.24) is 5.32 Å². The van der Waals surface area contributed by atoms with E-state index in [-0.39, 0.29) is 30.9 Å². The van der Waals surface area contributed by atoms with Crippen molar-refractivity contribution in [3.05, 3.63) is 0 Å². The Kier molecular flexibility index (Phi) is 3.25. The zero-order valence-corrected chi connectivity index (χ0v) is 8.46. The van der Waals surface area contributed by atoms with E-state index in [2.05, 4.69) is 5.32 Å². The van der Waals surface area contributed by atoms with Crippen LogP contribution in [0.3, 0.4) is 0 Å². The van der Waals surface area contributed by atoms with E-state index in [4.69, 9.17) is 5.11 Å². The van der Waals surface area contributed by atoms with Gasteiger partial charge in [-0.05, 0) is 12.8 Å². The molecule has 1 heterocycles. The van der Waals surface area contributed by atoms with Gasteiger partial charge in [0.2, 0.25) is 0 Å². The summed E-state index contributed by atoms with van der Waals surface area (Å²) in [5, 5.41) is 20.3. The van der Waals surface area contributed by atoms with Crippen molar-refractivity contribution < 1.29 is 24.1 Å². The van der Waals surface area contributed by atoms with Crippen LogP contribution in [0.2, 0.25) is 0 Å². The van der Waals surface area contributed by atoms with Crippen LogP contribution < -0.4 is 5.32 Å². The maximum absolute atomic E-state index is 10.2. The van der Waals surface area contributed by atoms with E-state index >= 15 is 0 Å². The van der Waals surface area contributed by atoms with E-state index in [9.17, 15) is 19.0 Å². The summed E-state index contributed by atoms with van der Waals surface area (Å²) in [4.78, 5) is 10.2. The molecule has 0 aliphatic carbocycles. The van der Waals surface area contributed by atoms with Crippen LogP contribution in [0, 0.1) is 0 Å². The van der Waals surface area contributed by atoms with E-state index in [1.807, 2.05) is 0 Å². The summed E-state index contributed by atoms with van der Waals surface area (Å²) in [6, 6.07) is 0. The van der Waals surface area contributed by atoms with Crippen LogP contribution in [0.15, 0.2) is 0 Å². The molecule has 14 heavy (non-hydrogen) atoms. The molecule has 5 N–H and O–H groups in total. The Morgan fingerprint density at radius 3 is 2.29 bits per heavy atom. The SMILES string of the molecule is O=C(O)NCC1(O)CCS(O)(O)CC1. The molecule has 0 radical (unpaired) electrons. The number of carboxylic acid groups (broad SMARTS) is 1. The van der Waals surface area contributed by atoms with Crippen molar-refractivity contribution in [1.29, 1.82) is 0 Å². The largest absolute Gasteiger partial charge is 0.465 e. The smallest absolute Gasteiger partial charge is 0.404 e. The fourth-order valence-corrected chi connectivity index (χ4v) is 2.97. The Labute approximate surface area is 83.3 Å². The Hall–Kier alpha value is -0.500. The van der Waals surface area contributed by atoms with Crippen molar-refractivity contribution in [2.45, 2.75) is 18.4 Å². The zero-order chi connectivity index (χ0) is 10.8. The monoisotopic (exact) mass is 225 g/mol. The number of amides is 1. The number of rotatable bonds is 2. The number of nitrogens with one attached hydrogen (secondary N) is 1. The first-order valence-corrected chi connectivity index (χ1v) is 6.14. The lowest BCUT2D eigenvalue weighted by atomic mass is 9.97. The normalized spacial score (nSPS) is 26.5. The lowest BCUT2D eigenvalue weighted by molar-refractivity contribution is 0.0294. The molecular weight excluding hydrogens is 210 g/mol. The molecule has 0 unspecified atom stereocenters. The summed E-state index contributed by atoms with van der Waals surface area (Å²) < 4.78 is 18.6. The third-order valence-corrected chi connectivity index (χ3v) is 4.07. The topological polar surface area (TPSA) is 110 Å². The summed E-state index contributed by atoms with van der Waals surface area (Å²) in [5.74, 6) is 0.287. The van der Waals surface area contributed by atoms with Crippen LogP contribution in [0.5, 0.6) is 0 Å². The number of hydrogen-bond acceptors (Lipinski definition) is 4. The van der Waals surface area contributed by atoms with Crippen LogP contribution in [0.25, 0.3) is 0 Å². The van der Waals surface area contributed by atoms with Crippen molar-refractivity contribution in [2.75, 3.05) is 18.1 Å². The Morgan fingerprint density at radius 2 is 1.86 bits per heavy atom. The van der Waals surface area contributed by atoms with Crippen molar-refractivity contribution in [2.24, 2.45) is 0 Å². The van der Waals surface area contributed by atoms with Gasteiger partial charge in [-0.15, -0.1) is 0 Å². The first-order valence-electron chi connectivity index (χ1n) is 4.26. The van der Waals surface area contributed by atoms with E-state index in [0.29, 0.717) is 0 Å². The Bertz CT molecular complexity index is 222. The van der Waals surface area contributed by atoms with E-state index in [0.717, 1.165) is 0 Å². The highest BCUT2D eigenvalue weighted by atomic mass is 32.3. The van der Waals surface area contributed by atoms with Gasteiger partial charge in [0, 0.05) is 18.1 Å². The summed E-state index contributed by atoms with van der Waals surface area (Å²) in [6.07, 6.45) is -0.749. The predicted molar refractivity (Wildman–Crippen MR) is 52.8 cm³/mol. The highest BCUT2D eigenvalue weighted by Crippen LogP contribution is 2.46. The van der Waals surface area contributed by atoms with Gasteiger partial charge >= 0.3 is 6.09 Å². The van der Waals surface area contributed by atoms with Gasteiger partial charge in [0.1, 0.15) is 0 Å².